The summed E-state index contributed by atoms with van der Waals surface area (Å²) in [5, 5.41) is 23.1. The maximum atomic E-state index is 8.36. The van der Waals surface area contributed by atoms with E-state index in [1.165, 1.54) is 44.9 Å². The van der Waals surface area contributed by atoms with Crippen molar-refractivity contribution < 1.29 is 10.3 Å². The molecule has 0 unspecified atom stereocenters. The van der Waals surface area contributed by atoms with Gasteiger partial charge in [0.2, 0.25) is 0 Å². The molecule has 7 N–H and O–H groups in total. The molecule has 21 heavy (non-hydrogen) atoms. The summed E-state index contributed by atoms with van der Waals surface area (Å²) in [6, 6.07) is 0. The van der Waals surface area contributed by atoms with Crippen LogP contribution in [0.1, 0.15) is 58.3 Å². The summed E-state index contributed by atoms with van der Waals surface area (Å²) in [4.78, 5) is 12.4. The van der Waals surface area contributed by atoms with Gasteiger partial charge in [-0.1, -0.05) is 51.9 Å². The molecular formula is C12H28N6O3. The average Bonchev–Trinajstić information content (AvgIpc) is 2.35. The fourth-order valence-electron chi connectivity index (χ4n) is 1.62. The van der Waals surface area contributed by atoms with Gasteiger partial charge in [0.05, 0.1) is 0 Å². The van der Waals surface area contributed by atoms with E-state index in [9.17, 15) is 0 Å². The van der Waals surface area contributed by atoms with Crippen molar-refractivity contribution in [1.29, 1.82) is 5.41 Å². The molecule has 0 amide bonds. The first-order valence-corrected chi connectivity index (χ1v) is 7.14. The molecule has 0 rings (SSSR count). The third-order valence-corrected chi connectivity index (χ3v) is 2.56. The van der Waals surface area contributed by atoms with Crippen LogP contribution < -0.4 is 16.8 Å². The fourth-order valence-corrected chi connectivity index (χ4v) is 1.62. The second-order valence-corrected chi connectivity index (χ2v) is 4.52. The SMILES string of the molecule is CCCCCCCCCCN=C(N)NC(=N)N.O=[N+]([O-])O. The van der Waals surface area contributed by atoms with E-state index in [0.29, 0.717) is 6.54 Å². The Kier molecular flexibility index (Phi) is 16.2. The van der Waals surface area contributed by atoms with Crippen LogP contribution >= 0.6 is 0 Å². The van der Waals surface area contributed by atoms with Gasteiger partial charge in [-0.25, -0.2) is 0 Å². The predicted octanol–water partition coefficient (Wildman–Crippen LogP) is 1.58. The van der Waals surface area contributed by atoms with Crippen molar-refractivity contribution in [3.63, 3.8) is 0 Å². The van der Waals surface area contributed by atoms with E-state index in [1.807, 2.05) is 0 Å². The monoisotopic (exact) mass is 304 g/mol. The van der Waals surface area contributed by atoms with Crippen LogP contribution in [-0.4, -0.2) is 28.8 Å². The van der Waals surface area contributed by atoms with Crippen molar-refractivity contribution >= 4 is 11.9 Å². The molecule has 0 aliphatic rings. The number of nitrogens with zero attached hydrogens (tertiary/aromatic N) is 2. The molecule has 0 atom stereocenters. The van der Waals surface area contributed by atoms with Gasteiger partial charge in [-0.15, -0.1) is 10.1 Å². The molecule has 0 fully saturated rings. The number of aliphatic imine (C=N–C) groups is 1. The Labute approximate surface area is 125 Å². The number of guanidine groups is 2. The van der Waals surface area contributed by atoms with Crippen LogP contribution in [0, 0.1) is 15.5 Å². The van der Waals surface area contributed by atoms with Gasteiger partial charge in [-0.05, 0) is 6.42 Å². The molecule has 0 bridgehead atoms. The first kappa shape index (κ1) is 21.2. The molecule has 0 aromatic carbocycles. The van der Waals surface area contributed by atoms with E-state index >= 15 is 0 Å². The lowest BCUT2D eigenvalue weighted by atomic mass is 10.1. The summed E-state index contributed by atoms with van der Waals surface area (Å²) in [6.45, 7) is 2.94. The third-order valence-electron chi connectivity index (χ3n) is 2.56. The van der Waals surface area contributed by atoms with Gasteiger partial charge in [-0.2, -0.15) is 0 Å². The number of nitrogens with two attached hydrogens (primary N) is 2. The van der Waals surface area contributed by atoms with Gasteiger partial charge in [0.25, 0.3) is 5.09 Å². The Hall–Kier alpha value is -2.06. The second-order valence-electron chi connectivity index (χ2n) is 4.52. The van der Waals surface area contributed by atoms with Gasteiger partial charge >= 0.3 is 0 Å². The lowest BCUT2D eigenvalue weighted by Gasteiger charge is -2.02. The molecule has 0 radical (unpaired) electrons. The van der Waals surface area contributed by atoms with Crippen molar-refractivity contribution in [2.75, 3.05) is 6.54 Å². The minimum atomic E-state index is -1.50. The quantitative estimate of drug-likeness (QED) is 0.143. The summed E-state index contributed by atoms with van der Waals surface area (Å²) in [5.41, 5.74) is 10.6. The van der Waals surface area contributed by atoms with E-state index in [4.69, 9.17) is 32.2 Å². The number of unbranched alkanes of at least 4 members (excludes halogenated alkanes) is 7. The van der Waals surface area contributed by atoms with Crippen molar-refractivity contribution in [2.24, 2.45) is 16.5 Å². The molecule has 0 heterocycles. The van der Waals surface area contributed by atoms with Crippen LogP contribution in [0.4, 0.5) is 0 Å². The lowest BCUT2D eigenvalue weighted by molar-refractivity contribution is -0.742. The Morgan fingerprint density at radius 1 is 1.19 bits per heavy atom. The second kappa shape index (κ2) is 16.0. The van der Waals surface area contributed by atoms with E-state index < -0.39 is 5.09 Å². The van der Waals surface area contributed by atoms with E-state index in [-0.39, 0.29) is 11.9 Å². The minimum Gasteiger partial charge on any atom is -0.370 e. The minimum absolute atomic E-state index is 0.165. The van der Waals surface area contributed by atoms with Gasteiger partial charge in [0, 0.05) is 6.54 Å². The zero-order valence-corrected chi connectivity index (χ0v) is 12.7. The lowest BCUT2D eigenvalue weighted by Crippen LogP contribution is -2.40. The smallest absolute Gasteiger partial charge is 0.291 e. The summed E-state index contributed by atoms with van der Waals surface area (Å²) in [5.74, 6) is 0.0719. The van der Waals surface area contributed by atoms with Crippen molar-refractivity contribution in [3.05, 3.63) is 10.1 Å². The van der Waals surface area contributed by atoms with E-state index in [2.05, 4.69) is 17.2 Å². The maximum Gasteiger partial charge on any atom is 0.291 e. The standard InChI is InChI=1S/C12H27N5.HNO3/c1-2-3-4-5-6-7-8-9-10-16-12(15)17-11(13)14;2-1(3)4/h2-10H2,1H3,(H6,13,14,15,16,17);(H,2,3,4). The molecule has 9 nitrogen and oxygen atoms in total. The molecular weight excluding hydrogens is 276 g/mol. The zero-order valence-electron chi connectivity index (χ0n) is 12.7. The van der Waals surface area contributed by atoms with Gasteiger partial charge in [-0.3, -0.25) is 15.7 Å². The molecule has 0 saturated carbocycles. The number of rotatable bonds is 9. The van der Waals surface area contributed by atoms with Crippen LogP contribution in [0.15, 0.2) is 4.99 Å². The van der Waals surface area contributed by atoms with Crippen molar-refractivity contribution in [1.82, 2.24) is 5.32 Å². The number of nitrogens with one attached hydrogen (secondary N) is 2. The highest BCUT2D eigenvalue weighted by molar-refractivity contribution is 5.95. The van der Waals surface area contributed by atoms with Crippen LogP contribution in [-0.2, 0) is 0 Å². The van der Waals surface area contributed by atoms with Crippen molar-refractivity contribution in [2.45, 2.75) is 58.3 Å². The Morgan fingerprint density at radius 3 is 2.05 bits per heavy atom. The third kappa shape index (κ3) is 27.2. The number of hydrogen-bond acceptors (Lipinski definition) is 4. The zero-order chi connectivity index (χ0) is 16.5. The molecule has 9 heteroatoms. The molecule has 0 aromatic rings. The first-order valence-electron chi connectivity index (χ1n) is 7.14. The Bertz CT molecular complexity index is 305. The highest BCUT2D eigenvalue weighted by atomic mass is 16.9. The van der Waals surface area contributed by atoms with Crippen LogP contribution in [0.3, 0.4) is 0 Å². The molecule has 0 saturated heterocycles. The van der Waals surface area contributed by atoms with Crippen molar-refractivity contribution in [3.8, 4) is 0 Å². The maximum absolute atomic E-state index is 8.36. The average molecular weight is 304 g/mol. The molecule has 124 valence electrons. The Morgan fingerprint density at radius 2 is 1.62 bits per heavy atom. The van der Waals surface area contributed by atoms with Crippen LogP contribution in [0.5, 0.6) is 0 Å². The number of hydrogen-bond donors (Lipinski definition) is 5. The predicted molar refractivity (Wildman–Crippen MR) is 82.9 cm³/mol. The first-order chi connectivity index (χ1) is 9.90. The van der Waals surface area contributed by atoms with E-state index in [1.54, 1.807) is 0 Å². The summed E-state index contributed by atoms with van der Waals surface area (Å²) in [7, 11) is 0. The summed E-state index contributed by atoms with van der Waals surface area (Å²) < 4.78 is 0. The fraction of sp³-hybridized carbons (Fsp3) is 0.833. The molecule has 0 aliphatic heterocycles. The highest BCUT2D eigenvalue weighted by Crippen LogP contribution is 2.08. The highest BCUT2D eigenvalue weighted by Gasteiger charge is 1.93. The summed E-state index contributed by atoms with van der Waals surface area (Å²) in [6.07, 6.45) is 10.2. The van der Waals surface area contributed by atoms with Gasteiger partial charge in [0.15, 0.2) is 11.9 Å². The van der Waals surface area contributed by atoms with Crippen LogP contribution in [0.2, 0.25) is 0 Å². The Balaban J connectivity index is 0. The van der Waals surface area contributed by atoms with E-state index in [0.717, 1.165) is 6.42 Å². The normalized spacial score (nSPS) is 10.4. The molecule has 0 aliphatic carbocycles. The van der Waals surface area contributed by atoms with Gasteiger partial charge in [0.1, 0.15) is 0 Å². The molecule has 0 spiro atoms. The van der Waals surface area contributed by atoms with Crippen LogP contribution in [0.25, 0.3) is 0 Å². The largest absolute Gasteiger partial charge is 0.370 e. The summed E-state index contributed by atoms with van der Waals surface area (Å²) >= 11 is 0. The molecule has 0 aromatic heterocycles. The van der Waals surface area contributed by atoms with Gasteiger partial charge < -0.3 is 16.7 Å². The topological polar surface area (TPSA) is 164 Å².